The Morgan fingerprint density at radius 3 is 2.52 bits per heavy atom. The van der Waals surface area contributed by atoms with Crippen LogP contribution in [0.1, 0.15) is 44.1 Å². The minimum absolute atomic E-state index is 0.0569. The molecule has 0 unspecified atom stereocenters. The first kappa shape index (κ1) is 14.9. The van der Waals surface area contributed by atoms with Crippen LogP contribution in [0.4, 0.5) is 4.39 Å². The van der Waals surface area contributed by atoms with E-state index < -0.39 is 0 Å². The van der Waals surface area contributed by atoms with Gasteiger partial charge >= 0.3 is 0 Å². The lowest BCUT2D eigenvalue weighted by Crippen LogP contribution is -2.33. The van der Waals surface area contributed by atoms with Crippen molar-refractivity contribution in [2.24, 2.45) is 0 Å². The average Bonchev–Trinajstić information content (AvgIpc) is 3.10. The van der Waals surface area contributed by atoms with E-state index in [-0.39, 0.29) is 17.1 Å². The quantitative estimate of drug-likeness (QED) is 0.869. The second-order valence-electron chi connectivity index (χ2n) is 6.28. The van der Waals surface area contributed by atoms with Crippen LogP contribution in [-0.2, 0) is 10.2 Å². The summed E-state index contributed by atoms with van der Waals surface area (Å²) in [5, 5.41) is 3.75. The van der Waals surface area contributed by atoms with Crippen molar-refractivity contribution in [2.75, 3.05) is 12.3 Å². The van der Waals surface area contributed by atoms with Gasteiger partial charge in [-0.25, -0.2) is 4.39 Å². The summed E-state index contributed by atoms with van der Waals surface area (Å²) in [5.41, 5.74) is 1.20. The van der Waals surface area contributed by atoms with Crippen LogP contribution in [0.5, 0.6) is 0 Å². The highest BCUT2D eigenvalue weighted by atomic mass is 32.2. The molecule has 0 saturated heterocycles. The van der Waals surface area contributed by atoms with Crippen LogP contribution >= 0.6 is 11.8 Å². The monoisotopic (exact) mass is 307 g/mol. The Bertz CT molecular complexity index is 492. The summed E-state index contributed by atoms with van der Waals surface area (Å²) >= 11 is 1.80. The topological polar surface area (TPSA) is 29.1 Å². The van der Waals surface area contributed by atoms with Crippen molar-refractivity contribution in [3.05, 3.63) is 35.6 Å². The zero-order valence-electron chi connectivity index (χ0n) is 12.2. The molecule has 0 aliphatic heterocycles. The number of carbonyl (C=O) groups excluding carboxylic acids is 1. The van der Waals surface area contributed by atoms with Crippen molar-refractivity contribution in [3.8, 4) is 0 Å². The molecule has 3 rings (SSSR count). The lowest BCUT2D eigenvalue weighted by Gasteiger charge is -2.17. The van der Waals surface area contributed by atoms with Gasteiger partial charge in [-0.3, -0.25) is 4.79 Å². The van der Waals surface area contributed by atoms with E-state index in [4.69, 9.17) is 0 Å². The lowest BCUT2D eigenvalue weighted by molar-refractivity contribution is -0.118. The van der Waals surface area contributed by atoms with Gasteiger partial charge in [-0.1, -0.05) is 25.0 Å². The average molecular weight is 307 g/mol. The molecule has 0 atom stereocenters. The van der Waals surface area contributed by atoms with Gasteiger partial charge in [0.05, 0.1) is 5.75 Å². The molecule has 1 aromatic carbocycles. The minimum Gasteiger partial charge on any atom is -0.354 e. The van der Waals surface area contributed by atoms with E-state index in [0.29, 0.717) is 17.5 Å². The second-order valence-corrected chi connectivity index (χ2v) is 7.57. The minimum atomic E-state index is -0.202. The number of halogens is 1. The molecule has 2 saturated carbocycles. The molecular formula is C17H22FNOS. The molecule has 2 fully saturated rings. The first-order valence-corrected chi connectivity index (χ1v) is 8.87. The first-order chi connectivity index (χ1) is 10.2. The number of thioether (sulfide) groups is 1. The first-order valence-electron chi connectivity index (χ1n) is 7.82. The van der Waals surface area contributed by atoms with Crippen LogP contribution in [0, 0.1) is 5.82 Å². The van der Waals surface area contributed by atoms with Crippen molar-refractivity contribution >= 4 is 17.7 Å². The SMILES string of the molecule is O=C(CSC1CCCC1)NCC1(c2ccc(F)cc2)CC1. The molecule has 4 heteroatoms. The van der Waals surface area contributed by atoms with Crippen LogP contribution in [0.25, 0.3) is 0 Å². The van der Waals surface area contributed by atoms with Crippen LogP contribution in [0.15, 0.2) is 24.3 Å². The van der Waals surface area contributed by atoms with E-state index in [9.17, 15) is 9.18 Å². The summed E-state index contributed by atoms with van der Waals surface area (Å²) in [4.78, 5) is 12.0. The van der Waals surface area contributed by atoms with Gasteiger partial charge < -0.3 is 5.32 Å². The number of carbonyl (C=O) groups is 1. The van der Waals surface area contributed by atoms with E-state index >= 15 is 0 Å². The predicted octanol–water partition coefficient (Wildman–Crippen LogP) is 3.65. The van der Waals surface area contributed by atoms with E-state index in [1.165, 1.54) is 37.8 Å². The third-order valence-corrected chi connectivity index (χ3v) is 6.06. The van der Waals surface area contributed by atoms with Gasteiger partial charge in [0.2, 0.25) is 5.91 Å². The summed E-state index contributed by atoms with van der Waals surface area (Å²) in [5.74, 6) is 0.510. The summed E-state index contributed by atoms with van der Waals surface area (Å²) in [6.45, 7) is 0.683. The lowest BCUT2D eigenvalue weighted by atomic mass is 9.96. The van der Waals surface area contributed by atoms with Gasteiger partial charge in [-0.05, 0) is 43.4 Å². The molecule has 1 aromatic rings. The number of nitrogens with one attached hydrogen (secondary N) is 1. The predicted molar refractivity (Wildman–Crippen MR) is 85.0 cm³/mol. The summed E-state index contributed by atoms with van der Waals surface area (Å²) in [6, 6.07) is 6.71. The number of hydrogen-bond acceptors (Lipinski definition) is 2. The highest BCUT2D eigenvalue weighted by Crippen LogP contribution is 2.47. The fourth-order valence-electron chi connectivity index (χ4n) is 3.09. The zero-order valence-corrected chi connectivity index (χ0v) is 13.1. The molecule has 0 bridgehead atoms. The third kappa shape index (κ3) is 3.79. The Balaban J connectivity index is 1.45. The van der Waals surface area contributed by atoms with E-state index in [0.717, 1.165) is 18.4 Å². The van der Waals surface area contributed by atoms with E-state index in [2.05, 4.69) is 5.32 Å². The van der Waals surface area contributed by atoms with Crippen molar-refractivity contribution in [2.45, 2.75) is 49.2 Å². The maximum atomic E-state index is 13.0. The number of rotatable bonds is 6. The van der Waals surface area contributed by atoms with Crippen LogP contribution in [0.2, 0.25) is 0 Å². The summed E-state index contributed by atoms with van der Waals surface area (Å²) in [7, 11) is 0. The van der Waals surface area contributed by atoms with Gasteiger partial charge in [-0.15, -0.1) is 11.8 Å². The molecule has 2 aliphatic rings. The standard InChI is InChI=1S/C17H22FNOS/c18-14-7-5-13(6-8-14)17(9-10-17)12-19-16(20)11-21-15-3-1-2-4-15/h5-8,15H,1-4,9-12H2,(H,19,20). The fraction of sp³-hybridized carbons (Fsp3) is 0.588. The Morgan fingerprint density at radius 1 is 1.24 bits per heavy atom. The molecule has 2 nitrogen and oxygen atoms in total. The van der Waals surface area contributed by atoms with Gasteiger partial charge in [-0.2, -0.15) is 0 Å². The Hall–Kier alpha value is -1.03. The van der Waals surface area contributed by atoms with Gasteiger partial charge in [0, 0.05) is 17.2 Å². The molecule has 1 amide bonds. The van der Waals surface area contributed by atoms with Crippen molar-refractivity contribution < 1.29 is 9.18 Å². The molecule has 114 valence electrons. The van der Waals surface area contributed by atoms with E-state index in [1.807, 2.05) is 12.1 Å². The largest absolute Gasteiger partial charge is 0.354 e. The Kier molecular flexibility index (Phi) is 4.53. The molecule has 0 heterocycles. The number of amides is 1. The second kappa shape index (κ2) is 6.39. The molecular weight excluding hydrogens is 285 g/mol. The summed E-state index contributed by atoms with van der Waals surface area (Å²) in [6.07, 6.45) is 7.30. The highest BCUT2D eigenvalue weighted by Gasteiger charge is 2.44. The van der Waals surface area contributed by atoms with Crippen LogP contribution in [0.3, 0.4) is 0 Å². The third-order valence-electron chi connectivity index (χ3n) is 4.69. The zero-order chi connectivity index (χ0) is 14.7. The fourth-order valence-corrected chi connectivity index (χ4v) is 4.25. The molecule has 0 aromatic heterocycles. The molecule has 2 aliphatic carbocycles. The summed E-state index contributed by atoms with van der Waals surface area (Å²) < 4.78 is 13.0. The smallest absolute Gasteiger partial charge is 0.230 e. The number of hydrogen-bond donors (Lipinski definition) is 1. The van der Waals surface area contributed by atoms with Crippen molar-refractivity contribution in [1.82, 2.24) is 5.32 Å². The normalized spacial score (nSPS) is 20.4. The van der Waals surface area contributed by atoms with E-state index in [1.54, 1.807) is 11.8 Å². The van der Waals surface area contributed by atoms with Gasteiger partial charge in [0.25, 0.3) is 0 Å². The van der Waals surface area contributed by atoms with Gasteiger partial charge in [0.15, 0.2) is 0 Å². The van der Waals surface area contributed by atoms with Crippen molar-refractivity contribution in [1.29, 1.82) is 0 Å². The van der Waals surface area contributed by atoms with Crippen LogP contribution < -0.4 is 5.32 Å². The highest BCUT2D eigenvalue weighted by molar-refractivity contribution is 8.00. The molecule has 0 radical (unpaired) electrons. The van der Waals surface area contributed by atoms with Gasteiger partial charge in [0.1, 0.15) is 5.82 Å². The molecule has 1 N–H and O–H groups in total. The Labute approximate surface area is 129 Å². The van der Waals surface area contributed by atoms with Crippen molar-refractivity contribution in [3.63, 3.8) is 0 Å². The molecule has 21 heavy (non-hydrogen) atoms. The Morgan fingerprint density at radius 2 is 1.90 bits per heavy atom. The maximum Gasteiger partial charge on any atom is 0.230 e. The van der Waals surface area contributed by atoms with Crippen LogP contribution in [-0.4, -0.2) is 23.5 Å². The number of benzene rings is 1. The molecule has 0 spiro atoms. The maximum absolute atomic E-state index is 13.0.